The molecule has 2 heterocycles. The van der Waals surface area contributed by atoms with Crippen molar-refractivity contribution in [2.75, 3.05) is 17.7 Å². The number of halogens is 4. The van der Waals surface area contributed by atoms with Gasteiger partial charge in [0, 0.05) is 12.1 Å². The van der Waals surface area contributed by atoms with Gasteiger partial charge in [0.2, 0.25) is 0 Å². The van der Waals surface area contributed by atoms with Crippen LogP contribution in [0.1, 0.15) is 11.1 Å². The van der Waals surface area contributed by atoms with Crippen molar-refractivity contribution in [3.05, 3.63) is 48.0 Å². The molecule has 0 radical (unpaired) electrons. The van der Waals surface area contributed by atoms with Crippen LogP contribution in [0.5, 0.6) is 0 Å². The number of benzene rings is 1. The molecule has 0 saturated heterocycles. The molecule has 3 rings (SSSR count). The minimum absolute atomic E-state index is 0.0468. The van der Waals surface area contributed by atoms with Gasteiger partial charge < -0.3 is 4.90 Å². The second-order valence-electron chi connectivity index (χ2n) is 5.27. The van der Waals surface area contributed by atoms with E-state index in [0.717, 1.165) is 23.9 Å². The number of thioether (sulfide) groups is 1. The second-order valence-corrected chi connectivity index (χ2v) is 6.06. The highest BCUT2D eigenvalue weighted by Crippen LogP contribution is 2.53. The van der Waals surface area contributed by atoms with Gasteiger partial charge in [-0.05, 0) is 12.3 Å². The number of anilines is 1. The summed E-state index contributed by atoms with van der Waals surface area (Å²) in [6.45, 7) is 2.97. The Labute approximate surface area is 145 Å². The van der Waals surface area contributed by atoms with E-state index in [9.17, 15) is 18.4 Å². The average Bonchev–Trinajstić information content (AvgIpc) is 2.96. The zero-order valence-electron chi connectivity index (χ0n) is 13.0. The maximum Gasteiger partial charge on any atom is 0.446 e. The first kappa shape index (κ1) is 17.4. The summed E-state index contributed by atoms with van der Waals surface area (Å²) in [4.78, 5) is 0.494. The molecule has 0 aliphatic carbocycles. The molecule has 1 unspecified atom stereocenters. The monoisotopic (exact) mass is 368 g/mol. The van der Waals surface area contributed by atoms with Crippen molar-refractivity contribution in [2.45, 2.75) is 17.0 Å². The van der Waals surface area contributed by atoms with Gasteiger partial charge in [-0.1, -0.05) is 24.3 Å². The van der Waals surface area contributed by atoms with E-state index in [1.807, 2.05) is 6.07 Å². The summed E-state index contributed by atoms with van der Waals surface area (Å²) >= 11 is 1.11. The first-order valence-corrected chi connectivity index (χ1v) is 8.34. The fourth-order valence-electron chi connectivity index (χ4n) is 2.92. The lowest BCUT2D eigenvalue weighted by molar-refractivity contribution is -0.236. The molecule has 4 nitrogen and oxygen atoms in total. The van der Waals surface area contributed by atoms with Crippen LogP contribution in [0, 0.1) is 11.3 Å². The number of aromatic nitrogens is 2. The van der Waals surface area contributed by atoms with E-state index in [1.54, 1.807) is 6.26 Å². The Kier molecular flexibility index (Phi) is 4.03. The molecule has 0 bridgehead atoms. The maximum absolute atomic E-state index is 15.6. The molecule has 1 aromatic carbocycles. The number of nitriles is 1. The fourth-order valence-corrected chi connectivity index (χ4v) is 3.43. The third-order valence-corrected chi connectivity index (χ3v) is 4.61. The second kappa shape index (κ2) is 5.81. The van der Waals surface area contributed by atoms with Crippen LogP contribution in [0.4, 0.5) is 23.4 Å². The van der Waals surface area contributed by atoms with E-state index >= 15 is 4.39 Å². The Morgan fingerprint density at radius 1 is 1.40 bits per heavy atom. The summed E-state index contributed by atoms with van der Waals surface area (Å²) in [5.41, 5.74) is -0.721. The van der Waals surface area contributed by atoms with E-state index in [-0.39, 0.29) is 22.1 Å². The highest BCUT2D eigenvalue weighted by molar-refractivity contribution is 7.98. The molecule has 9 heteroatoms. The minimum atomic E-state index is -5.23. The van der Waals surface area contributed by atoms with Crippen LogP contribution in [-0.2, 0) is 5.79 Å². The SMILES string of the molecule is C=CCN1c2c(C#N)c(SC)nn2-c2ccccc2C1(F)C(F)(F)F. The number of para-hydroxylation sites is 1. The molecule has 0 N–H and O–H groups in total. The molecule has 1 aliphatic rings. The van der Waals surface area contributed by atoms with Gasteiger partial charge in [0.25, 0.3) is 0 Å². The molecule has 1 aliphatic heterocycles. The van der Waals surface area contributed by atoms with Gasteiger partial charge in [-0.25, -0.2) is 9.07 Å². The predicted molar refractivity (Wildman–Crippen MR) is 86.4 cm³/mol. The summed E-state index contributed by atoms with van der Waals surface area (Å²) in [5, 5.41) is 13.9. The van der Waals surface area contributed by atoms with Gasteiger partial charge in [0.15, 0.2) is 5.82 Å². The molecule has 0 amide bonds. The van der Waals surface area contributed by atoms with Crippen molar-refractivity contribution in [2.24, 2.45) is 0 Å². The van der Waals surface area contributed by atoms with Crippen molar-refractivity contribution in [1.29, 1.82) is 5.26 Å². The molecular formula is C16H12F4N4S. The number of fused-ring (bicyclic) bond motifs is 3. The van der Waals surface area contributed by atoms with Gasteiger partial charge in [-0.2, -0.15) is 23.5 Å². The van der Waals surface area contributed by atoms with Crippen LogP contribution in [0.25, 0.3) is 5.69 Å². The minimum Gasteiger partial charge on any atom is -0.308 e. The van der Waals surface area contributed by atoms with Gasteiger partial charge in [0.1, 0.15) is 16.7 Å². The van der Waals surface area contributed by atoms with Crippen LogP contribution < -0.4 is 4.90 Å². The van der Waals surface area contributed by atoms with Crippen LogP contribution in [0.3, 0.4) is 0 Å². The summed E-state index contributed by atoms with van der Waals surface area (Å²) < 4.78 is 58.3. The molecule has 130 valence electrons. The van der Waals surface area contributed by atoms with Crippen LogP contribution in [0.15, 0.2) is 41.9 Å². The molecule has 0 fully saturated rings. The summed E-state index contributed by atoms with van der Waals surface area (Å²) in [5.74, 6) is -4.03. The Morgan fingerprint density at radius 2 is 2.08 bits per heavy atom. The number of nitrogens with zero attached hydrogens (tertiary/aromatic N) is 4. The Hall–Kier alpha value is -2.47. The summed E-state index contributed by atoms with van der Waals surface area (Å²) in [6, 6.07) is 7.10. The first-order valence-electron chi connectivity index (χ1n) is 7.12. The van der Waals surface area contributed by atoms with Crippen LogP contribution >= 0.6 is 11.8 Å². The maximum atomic E-state index is 15.6. The summed E-state index contributed by atoms with van der Waals surface area (Å²) in [6.07, 6.45) is -2.43. The standard InChI is InChI=1S/C16H12F4N4S/c1-3-8-23-14-10(9-21)13(25-2)22-24(14)12-7-5-4-6-11(12)15(23,17)16(18,19)20/h3-7H,1,8H2,2H3. The van der Waals surface area contributed by atoms with E-state index in [0.29, 0.717) is 4.90 Å². The van der Waals surface area contributed by atoms with E-state index in [4.69, 9.17) is 0 Å². The highest BCUT2D eigenvalue weighted by Gasteiger charge is 2.65. The number of alkyl halides is 4. The zero-order valence-corrected chi connectivity index (χ0v) is 13.8. The lowest BCUT2D eigenvalue weighted by Gasteiger charge is -2.43. The summed E-state index contributed by atoms with van der Waals surface area (Å²) in [7, 11) is 0. The molecular weight excluding hydrogens is 356 g/mol. The van der Waals surface area contributed by atoms with Gasteiger partial charge in [-0.15, -0.1) is 18.3 Å². The topological polar surface area (TPSA) is 44.9 Å². The normalized spacial score (nSPS) is 19.1. The molecule has 1 aromatic heterocycles. The van der Waals surface area contributed by atoms with Crippen LogP contribution in [0.2, 0.25) is 0 Å². The lowest BCUT2D eigenvalue weighted by atomic mass is 9.96. The molecule has 2 aromatic rings. The average molecular weight is 368 g/mol. The number of hydrogen-bond donors (Lipinski definition) is 0. The van der Waals surface area contributed by atoms with Crippen molar-refractivity contribution < 1.29 is 17.6 Å². The van der Waals surface area contributed by atoms with E-state index in [1.165, 1.54) is 22.9 Å². The van der Waals surface area contributed by atoms with Gasteiger partial charge >= 0.3 is 12.0 Å². The van der Waals surface area contributed by atoms with Crippen molar-refractivity contribution in [3.8, 4) is 11.8 Å². The lowest BCUT2D eigenvalue weighted by Crippen LogP contribution is -2.56. The van der Waals surface area contributed by atoms with E-state index < -0.39 is 24.1 Å². The molecule has 0 spiro atoms. The first-order chi connectivity index (χ1) is 11.8. The largest absolute Gasteiger partial charge is 0.446 e. The Balaban J connectivity index is 2.46. The fraction of sp³-hybridized carbons (Fsp3) is 0.250. The highest BCUT2D eigenvalue weighted by atomic mass is 32.2. The van der Waals surface area contributed by atoms with Gasteiger partial charge in [0.05, 0.1) is 5.69 Å². The quantitative estimate of drug-likeness (QED) is 0.353. The number of rotatable bonds is 3. The molecule has 1 atom stereocenters. The van der Waals surface area contributed by atoms with Gasteiger partial charge in [-0.3, -0.25) is 0 Å². The predicted octanol–water partition coefficient (Wildman–Crippen LogP) is 4.16. The molecule has 0 saturated carbocycles. The van der Waals surface area contributed by atoms with Crippen molar-refractivity contribution in [3.63, 3.8) is 0 Å². The van der Waals surface area contributed by atoms with E-state index in [2.05, 4.69) is 11.7 Å². The smallest absolute Gasteiger partial charge is 0.308 e. The Bertz CT molecular complexity index is 883. The van der Waals surface area contributed by atoms with Crippen molar-refractivity contribution >= 4 is 17.6 Å². The van der Waals surface area contributed by atoms with Crippen LogP contribution in [-0.4, -0.2) is 28.8 Å². The molecule has 25 heavy (non-hydrogen) atoms. The third-order valence-electron chi connectivity index (χ3n) is 3.94. The van der Waals surface area contributed by atoms with Crippen molar-refractivity contribution in [1.82, 2.24) is 9.78 Å². The number of hydrogen-bond acceptors (Lipinski definition) is 4. The Morgan fingerprint density at radius 3 is 2.64 bits per heavy atom. The third kappa shape index (κ3) is 2.24. The zero-order chi connectivity index (χ0) is 18.4.